The zero-order valence-corrected chi connectivity index (χ0v) is 15.8. The molecule has 3 rings (SSSR count). The highest BCUT2D eigenvalue weighted by atomic mass is 35.5. The van der Waals surface area contributed by atoms with Crippen LogP contribution in [0.25, 0.3) is 0 Å². The van der Waals surface area contributed by atoms with Crippen LogP contribution < -0.4 is 4.31 Å². The third-order valence-electron chi connectivity index (χ3n) is 4.11. The number of aryl methyl sites for hydroxylation is 1. The van der Waals surface area contributed by atoms with E-state index < -0.39 is 10.0 Å². The summed E-state index contributed by atoms with van der Waals surface area (Å²) in [5.74, 6) is 0.510. The van der Waals surface area contributed by atoms with Gasteiger partial charge in [0.15, 0.2) is 0 Å². The number of hydrogen-bond acceptors (Lipinski definition) is 2. The predicted octanol–water partition coefficient (Wildman–Crippen LogP) is 4.86. The van der Waals surface area contributed by atoms with Crippen LogP contribution in [0.1, 0.15) is 11.1 Å². The average Bonchev–Trinajstić information content (AvgIpc) is 2.68. The van der Waals surface area contributed by atoms with Gasteiger partial charge >= 0.3 is 0 Å². The number of alkyl halides is 1. The number of nitrogens with zero attached hydrogens (tertiary/aromatic N) is 1. The number of sulfonamides is 1. The van der Waals surface area contributed by atoms with E-state index in [2.05, 4.69) is 0 Å². The lowest BCUT2D eigenvalue weighted by Crippen LogP contribution is -2.30. The predicted molar refractivity (Wildman–Crippen MR) is 107 cm³/mol. The Labute approximate surface area is 159 Å². The van der Waals surface area contributed by atoms with E-state index in [0.29, 0.717) is 18.0 Å². The zero-order chi connectivity index (χ0) is 18.4. The lowest BCUT2D eigenvalue weighted by Gasteiger charge is -2.25. The van der Waals surface area contributed by atoms with Crippen LogP contribution in [0.2, 0.25) is 0 Å². The first-order valence-corrected chi connectivity index (χ1v) is 10.4. The van der Waals surface area contributed by atoms with Crippen molar-refractivity contribution in [3.05, 3.63) is 96.1 Å². The van der Waals surface area contributed by atoms with Gasteiger partial charge in [0, 0.05) is 5.88 Å². The Hall–Kier alpha value is -2.30. The molecule has 26 heavy (non-hydrogen) atoms. The Kier molecular flexibility index (Phi) is 5.96. The Morgan fingerprint density at radius 3 is 1.88 bits per heavy atom. The van der Waals surface area contributed by atoms with Gasteiger partial charge in [0.25, 0.3) is 10.0 Å². The molecule has 0 radical (unpaired) electrons. The third kappa shape index (κ3) is 4.26. The van der Waals surface area contributed by atoms with Gasteiger partial charge in [0.05, 0.1) is 17.1 Å². The Bertz CT molecular complexity index is 927. The minimum Gasteiger partial charge on any atom is -0.262 e. The molecule has 0 saturated carbocycles. The molecule has 0 aliphatic rings. The summed E-state index contributed by atoms with van der Waals surface area (Å²) in [7, 11) is -3.68. The van der Waals surface area contributed by atoms with Gasteiger partial charge in [0.2, 0.25) is 0 Å². The van der Waals surface area contributed by atoms with Crippen LogP contribution in [0.15, 0.2) is 89.8 Å². The van der Waals surface area contributed by atoms with Gasteiger partial charge in [-0.15, -0.1) is 11.6 Å². The summed E-state index contributed by atoms with van der Waals surface area (Å²) < 4.78 is 28.1. The molecule has 3 aromatic carbocycles. The number of anilines is 1. The number of hydrogen-bond donors (Lipinski definition) is 0. The van der Waals surface area contributed by atoms with Crippen molar-refractivity contribution in [1.82, 2.24) is 0 Å². The first kappa shape index (κ1) is 18.5. The molecule has 0 bridgehead atoms. The van der Waals surface area contributed by atoms with Gasteiger partial charge < -0.3 is 0 Å². The van der Waals surface area contributed by atoms with E-state index >= 15 is 0 Å². The number of benzene rings is 3. The molecule has 0 heterocycles. The highest BCUT2D eigenvalue weighted by Gasteiger charge is 2.25. The van der Waals surface area contributed by atoms with Crippen molar-refractivity contribution in [2.75, 3.05) is 10.2 Å². The molecular weight excluding hydrogens is 366 g/mol. The molecule has 0 saturated heterocycles. The number of para-hydroxylation sites is 1. The zero-order valence-electron chi connectivity index (χ0n) is 14.3. The van der Waals surface area contributed by atoms with Gasteiger partial charge in [-0.3, -0.25) is 4.31 Å². The van der Waals surface area contributed by atoms with E-state index in [9.17, 15) is 8.42 Å². The van der Waals surface area contributed by atoms with E-state index in [0.717, 1.165) is 11.1 Å². The van der Waals surface area contributed by atoms with Crippen LogP contribution in [0.3, 0.4) is 0 Å². The summed E-state index contributed by atoms with van der Waals surface area (Å²) in [6, 6.07) is 25.7. The minimum atomic E-state index is -3.68. The van der Waals surface area contributed by atoms with E-state index in [4.69, 9.17) is 11.6 Å². The van der Waals surface area contributed by atoms with Crippen molar-refractivity contribution in [3.63, 3.8) is 0 Å². The minimum absolute atomic E-state index is 0.274. The monoisotopic (exact) mass is 385 g/mol. The maximum Gasteiger partial charge on any atom is 0.264 e. The maximum absolute atomic E-state index is 13.3. The van der Waals surface area contributed by atoms with Gasteiger partial charge in [-0.2, -0.15) is 0 Å². The first-order valence-electron chi connectivity index (χ1n) is 8.38. The van der Waals surface area contributed by atoms with Crippen LogP contribution >= 0.6 is 11.6 Å². The van der Waals surface area contributed by atoms with Gasteiger partial charge in [-0.05, 0) is 41.8 Å². The number of rotatable bonds is 7. The molecule has 0 unspecified atom stereocenters. The second kappa shape index (κ2) is 8.39. The summed E-state index contributed by atoms with van der Waals surface area (Å²) >= 11 is 5.76. The first-order chi connectivity index (χ1) is 12.6. The average molecular weight is 386 g/mol. The second-order valence-corrected chi connectivity index (χ2v) is 8.16. The molecule has 0 fully saturated rings. The summed E-state index contributed by atoms with van der Waals surface area (Å²) in [6.45, 7) is 0.274. The lowest BCUT2D eigenvalue weighted by molar-refractivity contribution is 0.590. The summed E-state index contributed by atoms with van der Waals surface area (Å²) in [4.78, 5) is 0.274. The fourth-order valence-electron chi connectivity index (χ4n) is 2.72. The molecular formula is C21H20ClNO2S. The lowest BCUT2D eigenvalue weighted by atomic mass is 10.2. The highest BCUT2D eigenvalue weighted by Crippen LogP contribution is 2.26. The molecule has 0 aliphatic carbocycles. The molecule has 134 valence electrons. The molecule has 0 aliphatic heterocycles. The van der Waals surface area contributed by atoms with Gasteiger partial charge in [0.1, 0.15) is 0 Å². The summed E-state index contributed by atoms with van der Waals surface area (Å²) in [6.07, 6.45) is 0.717. The van der Waals surface area contributed by atoms with Crippen molar-refractivity contribution in [2.24, 2.45) is 0 Å². The van der Waals surface area contributed by atoms with E-state index in [1.807, 2.05) is 72.8 Å². The Morgan fingerprint density at radius 1 is 0.731 bits per heavy atom. The van der Waals surface area contributed by atoms with Crippen molar-refractivity contribution in [3.8, 4) is 0 Å². The fraction of sp³-hybridized carbons (Fsp3) is 0.143. The van der Waals surface area contributed by atoms with E-state index in [1.54, 1.807) is 12.1 Å². The van der Waals surface area contributed by atoms with Gasteiger partial charge in [-0.1, -0.05) is 60.7 Å². The molecule has 3 nitrogen and oxygen atoms in total. The fourth-order valence-corrected chi connectivity index (χ4v) is 4.39. The second-order valence-electron chi connectivity index (χ2n) is 5.92. The molecule has 0 atom stereocenters. The summed E-state index contributed by atoms with van der Waals surface area (Å²) in [5, 5.41) is 0. The summed E-state index contributed by atoms with van der Waals surface area (Å²) in [5.41, 5.74) is 2.59. The standard InChI is InChI=1S/C21H20ClNO2S/c22-16-15-18-11-13-21(14-12-18)26(24,25)23(20-9-5-2-6-10-20)17-19-7-3-1-4-8-19/h1-14H,15-17H2. The molecule has 0 spiro atoms. The van der Waals surface area contributed by atoms with Crippen molar-refractivity contribution < 1.29 is 8.42 Å². The van der Waals surface area contributed by atoms with Crippen molar-refractivity contribution in [1.29, 1.82) is 0 Å². The Balaban J connectivity index is 1.99. The molecule has 0 amide bonds. The Morgan fingerprint density at radius 2 is 1.31 bits per heavy atom. The molecule has 0 aromatic heterocycles. The topological polar surface area (TPSA) is 37.4 Å². The van der Waals surface area contributed by atoms with E-state index in [1.165, 1.54) is 4.31 Å². The van der Waals surface area contributed by atoms with Crippen LogP contribution in [0.4, 0.5) is 5.69 Å². The number of halogens is 1. The molecule has 0 N–H and O–H groups in total. The SMILES string of the molecule is O=S(=O)(c1ccc(CCCl)cc1)N(Cc1ccccc1)c1ccccc1. The highest BCUT2D eigenvalue weighted by molar-refractivity contribution is 7.92. The van der Waals surface area contributed by atoms with Crippen molar-refractivity contribution >= 4 is 27.3 Å². The van der Waals surface area contributed by atoms with Crippen LogP contribution in [0, 0.1) is 0 Å². The van der Waals surface area contributed by atoms with Crippen LogP contribution in [-0.4, -0.2) is 14.3 Å². The van der Waals surface area contributed by atoms with Crippen molar-refractivity contribution in [2.45, 2.75) is 17.9 Å². The molecule has 3 aromatic rings. The third-order valence-corrected chi connectivity index (χ3v) is 6.08. The quantitative estimate of drug-likeness (QED) is 0.544. The molecule has 5 heteroatoms. The maximum atomic E-state index is 13.3. The van der Waals surface area contributed by atoms with Crippen LogP contribution in [0.5, 0.6) is 0 Å². The largest absolute Gasteiger partial charge is 0.264 e. The van der Waals surface area contributed by atoms with Crippen LogP contribution in [-0.2, 0) is 23.0 Å². The van der Waals surface area contributed by atoms with E-state index in [-0.39, 0.29) is 11.4 Å². The van der Waals surface area contributed by atoms with Gasteiger partial charge in [-0.25, -0.2) is 8.42 Å². The normalized spacial score (nSPS) is 11.3. The smallest absolute Gasteiger partial charge is 0.262 e.